The van der Waals surface area contributed by atoms with Crippen LogP contribution in [0.15, 0.2) is 50.5 Å². The van der Waals surface area contributed by atoms with Gasteiger partial charge in [0.15, 0.2) is 11.7 Å². The van der Waals surface area contributed by atoms with Crippen molar-refractivity contribution in [1.82, 2.24) is 30.2 Å². The van der Waals surface area contributed by atoms with E-state index in [1.165, 1.54) is 6.42 Å². The Morgan fingerprint density at radius 3 is 2.59 bits per heavy atom. The van der Waals surface area contributed by atoms with E-state index in [2.05, 4.69) is 54.1 Å². The predicted molar refractivity (Wildman–Crippen MR) is 154 cm³/mol. The molecular formula is C28H35N9OS. The fourth-order valence-electron chi connectivity index (χ4n) is 4.85. The number of aliphatic imine (C=N–C) groups is 3. The van der Waals surface area contributed by atoms with Crippen LogP contribution in [0.2, 0.25) is 0 Å². The van der Waals surface area contributed by atoms with Crippen molar-refractivity contribution in [3.8, 4) is 0 Å². The highest BCUT2D eigenvalue weighted by molar-refractivity contribution is 7.99. The Morgan fingerprint density at radius 1 is 1.18 bits per heavy atom. The molecule has 1 atom stereocenters. The topological polar surface area (TPSA) is 121 Å². The second-order valence-electron chi connectivity index (χ2n) is 10.1. The highest BCUT2D eigenvalue weighted by Crippen LogP contribution is 2.40. The molecule has 1 N–H and O–H groups in total. The fourth-order valence-corrected chi connectivity index (χ4v) is 5.44. The van der Waals surface area contributed by atoms with Crippen LogP contribution in [0.3, 0.4) is 0 Å². The number of hydrogen-bond acceptors (Lipinski definition) is 10. The van der Waals surface area contributed by atoms with Crippen LogP contribution in [-0.4, -0.2) is 67.5 Å². The first-order chi connectivity index (χ1) is 19.0. The van der Waals surface area contributed by atoms with E-state index in [-0.39, 0.29) is 24.3 Å². The number of nitrogens with zero attached hydrogens (tertiary/aromatic N) is 8. The van der Waals surface area contributed by atoms with Gasteiger partial charge < -0.3 is 5.32 Å². The zero-order chi connectivity index (χ0) is 27.4. The average Bonchev–Trinajstić information content (AvgIpc) is 3.74. The van der Waals surface area contributed by atoms with Gasteiger partial charge in [0.1, 0.15) is 17.8 Å². The van der Waals surface area contributed by atoms with Crippen LogP contribution in [0, 0.1) is 12.8 Å². The van der Waals surface area contributed by atoms with Crippen molar-refractivity contribution in [2.75, 3.05) is 12.8 Å². The van der Waals surface area contributed by atoms with Crippen molar-refractivity contribution in [3.63, 3.8) is 0 Å². The monoisotopic (exact) mass is 545 g/mol. The molecule has 0 bridgehead atoms. The first-order valence-electron chi connectivity index (χ1n) is 13.6. The van der Waals surface area contributed by atoms with Crippen molar-refractivity contribution >= 4 is 35.6 Å². The number of aryl methyl sites for hydroxylation is 1. The predicted octanol–water partition coefficient (Wildman–Crippen LogP) is 4.07. The van der Waals surface area contributed by atoms with Crippen LogP contribution in [-0.2, 0) is 11.3 Å². The minimum atomic E-state index is -0.197. The van der Waals surface area contributed by atoms with Crippen LogP contribution < -0.4 is 5.32 Å². The van der Waals surface area contributed by atoms with Crippen molar-refractivity contribution in [2.45, 2.75) is 76.3 Å². The Hall–Kier alpha value is -3.47. The molecule has 2 aromatic rings. The third kappa shape index (κ3) is 6.08. The van der Waals surface area contributed by atoms with Crippen molar-refractivity contribution < 1.29 is 4.79 Å². The number of amides is 1. The molecule has 2 saturated carbocycles. The Labute approximate surface area is 233 Å². The van der Waals surface area contributed by atoms with Gasteiger partial charge >= 0.3 is 0 Å². The van der Waals surface area contributed by atoms with Crippen LogP contribution in [0.1, 0.15) is 74.6 Å². The molecule has 2 aliphatic carbocycles. The molecular weight excluding hydrogens is 510 g/mol. The zero-order valence-corrected chi connectivity index (χ0v) is 23.8. The van der Waals surface area contributed by atoms with E-state index < -0.39 is 0 Å². The number of thioether (sulfide) groups is 1. The SMILES string of the molecule is CCSc1cnc(CNC2=NC(=C/N=C/c3c(C)ncnc3C3CC3)/C(=N\C)N([C@H](C)C3CCC3)C2=O)nc1. The van der Waals surface area contributed by atoms with E-state index in [4.69, 9.17) is 0 Å². The molecule has 204 valence electrons. The van der Waals surface area contributed by atoms with E-state index >= 15 is 0 Å². The standard InChI is InChI=1S/C28H35N9OS/c1-5-39-21-11-31-24(32-12-21)15-33-26-28(38)37(18(3)19-7-6-8-19)27(29-4)23(36-26)14-30-13-22-17(2)34-16-35-25(22)20-9-10-20/h11-14,16,18-20H,5-10,15H2,1-4H3,(H,33,36)/b23-14+,29-27+,30-13+/t18-/m1/s1. The molecule has 3 aliphatic rings. The normalized spacial score (nSPS) is 21.0. The summed E-state index contributed by atoms with van der Waals surface area (Å²) < 4.78 is 0. The summed E-state index contributed by atoms with van der Waals surface area (Å²) in [7, 11) is 1.69. The second kappa shape index (κ2) is 12.1. The van der Waals surface area contributed by atoms with Gasteiger partial charge in [0.25, 0.3) is 5.91 Å². The third-order valence-corrected chi connectivity index (χ3v) is 8.28. The third-order valence-electron chi connectivity index (χ3n) is 7.45. The molecule has 0 saturated heterocycles. The number of hydrogen-bond donors (Lipinski definition) is 1. The summed E-state index contributed by atoms with van der Waals surface area (Å²) in [6, 6.07) is -0.00234. The van der Waals surface area contributed by atoms with Gasteiger partial charge in [-0.2, -0.15) is 0 Å². The van der Waals surface area contributed by atoms with E-state index in [0.29, 0.717) is 29.2 Å². The Balaban J connectivity index is 1.43. The molecule has 5 rings (SSSR count). The van der Waals surface area contributed by atoms with Gasteiger partial charge in [-0.3, -0.25) is 19.7 Å². The summed E-state index contributed by atoms with van der Waals surface area (Å²) in [5.41, 5.74) is 3.41. The van der Waals surface area contributed by atoms with Crippen LogP contribution in [0.25, 0.3) is 0 Å². The van der Waals surface area contributed by atoms with E-state index in [1.807, 2.05) is 6.92 Å². The lowest BCUT2D eigenvalue weighted by atomic mass is 9.79. The Morgan fingerprint density at radius 2 is 1.95 bits per heavy atom. The summed E-state index contributed by atoms with van der Waals surface area (Å²) >= 11 is 1.69. The number of carbonyl (C=O) groups excluding carboxylic acids is 1. The molecule has 39 heavy (non-hydrogen) atoms. The maximum Gasteiger partial charge on any atom is 0.295 e. The van der Waals surface area contributed by atoms with Crippen molar-refractivity contribution in [3.05, 3.63) is 53.4 Å². The number of nitrogens with one attached hydrogen (secondary N) is 1. The van der Waals surface area contributed by atoms with Gasteiger partial charge in [0.2, 0.25) is 0 Å². The summed E-state index contributed by atoms with van der Waals surface area (Å²) in [5, 5.41) is 3.18. The molecule has 1 aliphatic heterocycles. The molecule has 2 fully saturated rings. The number of rotatable bonds is 9. The molecule has 1 amide bonds. The van der Waals surface area contributed by atoms with Gasteiger partial charge in [-0.05, 0) is 51.2 Å². The largest absolute Gasteiger partial charge is 0.358 e. The van der Waals surface area contributed by atoms with Crippen LogP contribution in [0.4, 0.5) is 0 Å². The molecule has 2 aromatic heterocycles. The minimum Gasteiger partial charge on any atom is -0.358 e. The molecule has 11 heteroatoms. The summed E-state index contributed by atoms with van der Waals surface area (Å²) in [4.78, 5) is 48.0. The van der Waals surface area contributed by atoms with Gasteiger partial charge in [-0.25, -0.2) is 24.9 Å². The maximum atomic E-state index is 13.7. The summed E-state index contributed by atoms with van der Waals surface area (Å²) in [6.07, 6.45) is 14.4. The number of carbonyl (C=O) groups is 1. The Kier molecular flexibility index (Phi) is 8.44. The maximum absolute atomic E-state index is 13.7. The summed E-state index contributed by atoms with van der Waals surface area (Å²) in [5.74, 6) is 3.04. The first kappa shape index (κ1) is 27.1. The van der Waals surface area contributed by atoms with E-state index in [0.717, 1.165) is 53.3 Å². The van der Waals surface area contributed by atoms with Gasteiger partial charge in [-0.1, -0.05) is 13.3 Å². The minimum absolute atomic E-state index is 0.00234. The molecule has 3 heterocycles. The number of aromatic nitrogens is 4. The molecule has 0 aromatic carbocycles. The quantitative estimate of drug-likeness (QED) is 0.372. The summed E-state index contributed by atoms with van der Waals surface area (Å²) in [6.45, 7) is 6.44. The van der Waals surface area contributed by atoms with Crippen LogP contribution in [0.5, 0.6) is 0 Å². The highest BCUT2D eigenvalue weighted by atomic mass is 32.2. The van der Waals surface area contributed by atoms with E-state index in [1.54, 1.807) is 54.8 Å². The fraction of sp³-hybridized carbons (Fsp3) is 0.500. The van der Waals surface area contributed by atoms with Crippen LogP contribution >= 0.6 is 11.8 Å². The highest BCUT2D eigenvalue weighted by Gasteiger charge is 2.39. The number of amidine groups is 2. The molecule has 0 spiro atoms. The van der Waals surface area contributed by atoms with Gasteiger partial charge in [0, 0.05) is 53.8 Å². The molecule has 10 nitrogen and oxygen atoms in total. The smallest absolute Gasteiger partial charge is 0.295 e. The first-order valence-corrected chi connectivity index (χ1v) is 14.6. The van der Waals surface area contributed by atoms with Gasteiger partial charge in [-0.15, -0.1) is 11.8 Å². The van der Waals surface area contributed by atoms with E-state index in [9.17, 15) is 4.79 Å². The lowest BCUT2D eigenvalue weighted by Crippen LogP contribution is -2.56. The average molecular weight is 546 g/mol. The molecule has 0 radical (unpaired) electrons. The zero-order valence-electron chi connectivity index (χ0n) is 23.0. The Bertz CT molecular complexity index is 1330. The molecule has 0 unspecified atom stereocenters. The van der Waals surface area contributed by atoms with Gasteiger partial charge in [0.05, 0.1) is 18.4 Å². The lowest BCUT2D eigenvalue weighted by Gasteiger charge is -2.41. The lowest BCUT2D eigenvalue weighted by molar-refractivity contribution is -0.123. The second-order valence-corrected chi connectivity index (χ2v) is 11.4. The van der Waals surface area contributed by atoms with Crippen molar-refractivity contribution in [1.29, 1.82) is 0 Å². The van der Waals surface area contributed by atoms with Crippen molar-refractivity contribution in [2.24, 2.45) is 20.9 Å².